The molecule has 1 aromatic carbocycles. The van der Waals surface area contributed by atoms with Gasteiger partial charge in [-0.25, -0.2) is 0 Å². The molecule has 2 heteroatoms. The molecule has 0 aliphatic carbocycles. The fourth-order valence-electron chi connectivity index (χ4n) is 0.799. The van der Waals surface area contributed by atoms with Gasteiger partial charge >= 0.3 is 27.3 Å². The first-order chi connectivity index (χ1) is 4.83. The summed E-state index contributed by atoms with van der Waals surface area (Å²) in [6.45, 7) is 3.62. The Morgan fingerprint density at radius 1 is 1.27 bits per heavy atom. The third kappa shape index (κ3) is 3.55. The van der Waals surface area contributed by atoms with E-state index in [-0.39, 0.29) is 27.3 Å². The van der Waals surface area contributed by atoms with E-state index in [2.05, 4.69) is 6.58 Å². The quantitative estimate of drug-likeness (QED) is 0.632. The van der Waals surface area contributed by atoms with Crippen molar-refractivity contribution in [2.75, 3.05) is 0 Å². The minimum absolute atomic E-state index is 0. The van der Waals surface area contributed by atoms with Crippen LogP contribution >= 0.6 is 0 Å². The van der Waals surface area contributed by atoms with Crippen molar-refractivity contribution in [2.24, 2.45) is 0 Å². The molecular formula is C9H12OPb. The van der Waals surface area contributed by atoms with Crippen molar-refractivity contribution >= 4 is 27.3 Å². The molecule has 58 valence electrons. The average Bonchev–Trinajstić information content (AvgIpc) is 1.95. The van der Waals surface area contributed by atoms with Crippen LogP contribution in [-0.2, 0) is 6.42 Å². The molecule has 0 aliphatic heterocycles. The van der Waals surface area contributed by atoms with E-state index in [0.717, 1.165) is 6.42 Å². The van der Waals surface area contributed by atoms with Crippen molar-refractivity contribution in [1.29, 1.82) is 0 Å². The van der Waals surface area contributed by atoms with Gasteiger partial charge in [0, 0.05) is 0 Å². The van der Waals surface area contributed by atoms with E-state index < -0.39 is 0 Å². The van der Waals surface area contributed by atoms with Crippen LogP contribution in [0.15, 0.2) is 36.9 Å². The first-order valence-electron chi connectivity index (χ1n) is 3.22. The number of phenolic OH excluding ortho intramolecular Hbond substituents is 1. The number of phenols is 1. The standard InChI is InChI=1S/C9H10O.Pb.2H/c1-2-3-8-4-6-9(10)7-5-8;;;/h2,4-7,10H,1,3H2;;;. The summed E-state index contributed by atoms with van der Waals surface area (Å²) in [4.78, 5) is 0. The number of allylic oxidation sites excluding steroid dienone is 1. The van der Waals surface area contributed by atoms with Crippen LogP contribution in [0, 0.1) is 0 Å². The molecule has 0 amide bonds. The molecule has 0 saturated heterocycles. The summed E-state index contributed by atoms with van der Waals surface area (Å²) in [6, 6.07) is 7.13. The van der Waals surface area contributed by atoms with Crippen LogP contribution in [0.1, 0.15) is 5.56 Å². The molecule has 11 heavy (non-hydrogen) atoms. The predicted octanol–water partition coefficient (Wildman–Crippen LogP) is 1.20. The van der Waals surface area contributed by atoms with Gasteiger partial charge in [-0.15, -0.1) is 6.58 Å². The Labute approximate surface area is 86.9 Å². The van der Waals surface area contributed by atoms with Gasteiger partial charge in [0.2, 0.25) is 0 Å². The van der Waals surface area contributed by atoms with E-state index >= 15 is 0 Å². The van der Waals surface area contributed by atoms with Crippen molar-refractivity contribution in [2.45, 2.75) is 6.42 Å². The summed E-state index contributed by atoms with van der Waals surface area (Å²) < 4.78 is 0. The summed E-state index contributed by atoms with van der Waals surface area (Å²) >= 11 is 0. The average molecular weight is 343 g/mol. The first kappa shape index (κ1) is 10.7. The van der Waals surface area contributed by atoms with E-state index in [1.54, 1.807) is 12.1 Å². The Morgan fingerprint density at radius 2 is 1.82 bits per heavy atom. The molecular weight excluding hydrogens is 331 g/mol. The van der Waals surface area contributed by atoms with E-state index in [1.165, 1.54) is 5.56 Å². The van der Waals surface area contributed by atoms with E-state index in [0.29, 0.717) is 5.75 Å². The van der Waals surface area contributed by atoms with Gasteiger partial charge in [-0.1, -0.05) is 18.2 Å². The Bertz CT molecular complexity index is 216. The topological polar surface area (TPSA) is 20.2 Å². The number of aromatic hydroxyl groups is 1. The van der Waals surface area contributed by atoms with Crippen molar-refractivity contribution in [3.05, 3.63) is 42.5 Å². The van der Waals surface area contributed by atoms with Gasteiger partial charge in [-0.2, -0.15) is 0 Å². The molecule has 0 bridgehead atoms. The van der Waals surface area contributed by atoms with E-state index in [1.807, 2.05) is 18.2 Å². The Balaban J connectivity index is 0.000001000. The zero-order valence-electron chi connectivity index (χ0n) is 6.46. The molecule has 0 saturated carbocycles. The maximum absolute atomic E-state index is 8.90. The molecule has 2 radical (unpaired) electrons. The number of benzene rings is 1. The van der Waals surface area contributed by atoms with E-state index in [9.17, 15) is 0 Å². The molecule has 0 atom stereocenters. The zero-order chi connectivity index (χ0) is 7.40. The van der Waals surface area contributed by atoms with Crippen molar-refractivity contribution in [3.8, 4) is 5.75 Å². The first-order valence-corrected chi connectivity index (χ1v) is 3.22. The Hall–Kier alpha value is -0.318. The number of hydrogen-bond acceptors (Lipinski definition) is 1. The summed E-state index contributed by atoms with van der Waals surface area (Å²) in [7, 11) is 0. The maximum atomic E-state index is 8.90. The summed E-state index contributed by atoms with van der Waals surface area (Å²) in [6.07, 6.45) is 2.70. The second kappa shape index (κ2) is 5.35. The van der Waals surface area contributed by atoms with Crippen LogP contribution in [0.4, 0.5) is 0 Å². The predicted molar refractivity (Wildman–Crippen MR) is 50.6 cm³/mol. The molecule has 1 rings (SSSR count). The van der Waals surface area contributed by atoms with Crippen molar-refractivity contribution in [3.63, 3.8) is 0 Å². The molecule has 0 fully saturated rings. The minimum atomic E-state index is 0. The van der Waals surface area contributed by atoms with Crippen LogP contribution in [-0.4, -0.2) is 32.4 Å². The van der Waals surface area contributed by atoms with Crippen LogP contribution in [0.3, 0.4) is 0 Å². The SMILES string of the molecule is C=CCc1ccc(O)cc1.[PbH2]. The van der Waals surface area contributed by atoms with Gasteiger partial charge in [0.1, 0.15) is 5.75 Å². The Kier molecular flexibility index (Phi) is 5.19. The second-order valence-electron chi connectivity index (χ2n) is 2.16. The number of rotatable bonds is 2. The van der Waals surface area contributed by atoms with E-state index in [4.69, 9.17) is 5.11 Å². The van der Waals surface area contributed by atoms with Crippen molar-refractivity contribution < 1.29 is 5.11 Å². The van der Waals surface area contributed by atoms with Crippen LogP contribution in [0.25, 0.3) is 0 Å². The molecule has 0 spiro atoms. The molecule has 0 heterocycles. The van der Waals surface area contributed by atoms with Gasteiger partial charge < -0.3 is 5.11 Å². The van der Waals surface area contributed by atoms with Crippen LogP contribution < -0.4 is 0 Å². The molecule has 0 aromatic heterocycles. The van der Waals surface area contributed by atoms with Gasteiger partial charge in [-0.05, 0) is 24.1 Å². The fraction of sp³-hybridized carbons (Fsp3) is 0.111. The third-order valence-electron chi connectivity index (χ3n) is 1.32. The molecule has 0 unspecified atom stereocenters. The molecule has 1 N–H and O–H groups in total. The Morgan fingerprint density at radius 3 is 2.27 bits per heavy atom. The van der Waals surface area contributed by atoms with Gasteiger partial charge in [0.15, 0.2) is 0 Å². The zero-order valence-corrected chi connectivity index (χ0v) is 12.0. The summed E-state index contributed by atoms with van der Waals surface area (Å²) in [5, 5.41) is 8.90. The van der Waals surface area contributed by atoms with Gasteiger partial charge in [0.25, 0.3) is 0 Å². The monoisotopic (exact) mass is 344 g/mol. The molecule has 1 aromatic rings. The summed E-state index contributed by atoms with van der Waals surface area (Å²) in [5.41, 5.74) is 1.17. The van der Waals surface area contributed by atoms with Gasteiger partial charge in [0.05, 0.1) is 0 Å². The third-order valence-corrected chi connectivity index (χ3v) is 1.32. The second-order valence-corrected chi connectivity index (χ2v) is 2.16. The van der Waals surface area contributed by atoms with Crippen LogP contribution in [0.2, 0.25) is 0 Å². The fourth-order valence-corrected chi connectivity index (χ4v) is 0.799. The van der Waals surface area contributed by atoms with Gasteiger partial charge in [-0.3, -0.25) is 0 Å². The van der Waals surface area contributed by atoms with Crippen molar-refractivity contribution in [1.82, 2.24) is 0 Å². The molecule has 1 nitrogen and oxygen atoms in total. The molecule has 0 aliphatic rings. The summed E-state index contributed by atoms with van der Waals surface area (Å²) in [5.74, 6) is 0.313. The van der Waals surface area contributed by atoms with Crippen LogP contribution in [0.5, 0.6) is 5.75 Å². The normalized spacial score (nSPS) is 8.36. The number of hydrogen-bond donors (Lipinski definition) is 1.